The Balaban J connectivity index is 2.80. The SMILES string of the molecule is C=C/C=C(/Cn1c(C(F)(F)F)cc(-c2ccc(Cl)cc2)c1C(=O)N(C)CC(C)(C)C)NC. The lowest BCUT2D eigenvalue weighted by molar-refractivity contribution is -0.143. The van der Waals surface area contributed by atoms with Crippen LogP contribution in [0.3, 0.4) is 0 Å². The summed E-state index contributed by atoms with van der Waals surface area (Å²) < 4.78 is 43.2. The molecular weight excluding hydrogens is 439 g/mol. The Hall–Kier alpha value is -2.67. The molecule has 8 heteroatoms. The first-order valence-corrected chi connectivity index (χ1v) is 10.5. The lowest BCUT2D eigenvalue weighted by Gasteiger charge is -2.28. The normalized spacial score (nSPS) is 12.6. The minimum absolute atomic E-state index is 0.0309. The number of benzene rings is 1. The molecule has 0 aliphatic rings. The lowest BCUT2D eigenvalue weighted by Crippen LogP contribution is -2.36. The van der Waals surface area contributed by atoms with Crippen LogP contribution in [0.15, 0.2) is 54.8 Å². The number of likely N-dealkylation sites (N-methyl/N-ethyl adjacent to an activating group) is 1. The smallest absolute Gasteiger partial charge is 0.390 e. The van der Waals surface area contributed by atoms with Gasteiger partial charge in [0.1, 0.15) is 11.4 Å². The van der Waals surface area contributed by atoms with Gasteiger partial charge in [0.15, 0.2) is 0 Å². The number of aromatic nitrogens is 1. The first-order valence-electron chi connectivity index (χ1n) is 10.1. The van der Waals surface area contributed by atoms with E-state index in [0.29, 0.717) is 22.8 Å². The van der Waals surface area contributed by atoms with Crippen molar-refractivity contribution in [3.8, 4) is 11.1 Å². The summed E-state index contributed by atoms with van der Waals surface area (Å²) in [5, 5.41) is 3.33. The average Bonchev–Trinajstić information content (AvgIpc) is 3.05. The van der Waals surface area contributed by atoms with Crippen molar-refractivity contribution < 1.29 is 18.0 Å². The Labute approximate surface area is 192 Å². The molecule has 174 valence electrons. The van der Waals surface area contributed by atoms with Gasteiger partial charge in [0, 0.05) is 36.9 Å². The molecule has 2 rings (SSSR count). The number of halogens is 4. The topological polar surface area (TPSA) is 37.3 Å². The van der Waals surface area contributed by atoms with E-state index in [1.165, 1.54) is 11.0 Å². The van der Waals surface area contributed by atoms with Gasteiger partial charge < -0.3 is 14.8 Å². The van der Waals surface area contributed by atoms with Crippen LogP contribution in [0.4, 0.5) is 13.2 Å². The highest BCUT2D eigenvalue weighted by atomic mass is 35.5. The molecule has 0 atom stereocenters. The molecular formula is C24H29ClF3N3O. The van der Waals surface area contributed by atoms with Crippen LogP contribution in [-0.4, -0.2) is 36.0 Å². The summed E-state index contributed by atoms with van der Waals surface area (Å²) in [6.45, 7) is 9.70. The van der Waals surface area contributed by atoms with Gasteiger partial charge in [-0.1, -0.05) is 57.2 Å². The molecule has 4 nitrogen and oxygen atoms in total. The van der Waals surface area contributed by atoms with Crippen molar-refractivity contribution in [3.05, 3.63) is 71.2 Å². The van der Waals surface area contributed by atoms with Gasteiger partial charge in [0.25, 0.3) is 5.91 Å². The number of allylic oxidation sites excluding steroid dienone is 3. The van der Waals surface area contributed by atoms with Crippen LogP contribution < -0.4 is 5.32 Å². The van der Waals surface area contributed by atoms with Crippen LogP contribution in [-0.2, 0) is 12.7 Å². The van der Waals surface area contributed by atoms with Gasteiger partial charge in [0.2, 0.25) is 0 Å². The molecule has 0 spiro atoms. The molecule has 1 aromatic heterocycles. The van der Waals surface area contributed by atoms with Crippen molar-refractivity contribution in [2.24, 2.45) is 5.41 Å². The fourth-order valence-corrected chi connectivity index (χ4v) is 3.65. The van der Waals surface area contributed by atoms with E-state index in [0.717, 1.165) is 10.6 Å². The second-order valence-corrected chi connectivity index (χ2v) is 9.22. The minimum atomic E-state index is -4.66. The van der Waals surface area contributed by atoms with Crippen molar-refractivity contribution in [3.63, 3.8) is 0 Å². The molecule has 0 saturated heterocycles. The zero-order valence-corrected chi connectivity index (χ0v) is 19.7. The second-order valence-electron chi connectivity index (χ2n) is 8.78. The van der Waals surface area contributed by atoms with E-state index < -0.39 is 17.8 Å². The molecule has 0 saturated carbocycles. The number of carbonyl (C=O) groups excluding carboxylic acids is 1. The van der Waals surface area contributed by atoms with E-state index in [2.05, 4.69) is 11.9 Å². The summed E-state index contributed by atoms with van der Waals surface area (Å²) >= 11 is 5.97. The maximum absolute atomic E-state index is 14.1. The van der Waals surface area contributed by atoms with E-state index in [1.807, 2.05) is 20.8 Å². The zero-order valence-electron chi connectivity index (χ0n) is 19.0. The van der Waals surface area contributed by atoms with Crippen LogP contribution in [0.5, 0.6) is 0 Å². The quantitative estimate of drug-likeness (QED) is 0.490. The highest BCUT2D eigenvalue weighted by molar-refractivity contribution is 6.30. The number of alkyl halides is 3. The lowest BCUT2D eigenvalue weighted by atomic mass is 9.96. The largest absolute Gasteiger partial charge is 0.431 e. The van der Waals surface area contributed by atoms with Gasteiger partial charge in [-0.05, 0) is 35.3 Å². The highest BCUT2D eigenvalue weighted by Crippen LogP contribution is 2.38. The van der Waals surface area contributed by atoms with Gasteiger partial charge in [-0.2, -0.15) is 13.2 Å². The third kappa shape index (κ3) is 6.19. The zero-order chi connectivity index (χ0) is 24.3. The number of hydrogen-bond donors (Lipinski definition) is 1. The average molecular weight is 468 g/mol. The van der Waals surface area contributed by atoms with Crippen LogP contribution in [0.25, 0.3) is 11.1 Å². The Kier molecular flexibility index (Phi) is 7.88. The van der Waals surface area contributed by atoms with Gasteiger partial charge in [0.05, 0.1) is 6.54 Å². The molecule has 0 bridgehead atoms. The predicted molar refractivity (Wildman–Crippen MR) is 124 cm³/mol. The van der Waals surface area contributed by atoms with E-state index in [1.54, 1.807) is 44.4 Å². The van der Waals surface area contributed by atoms with E-state index >= 15 is 0 Å². The maximum atomic E-state index is 14.1. The molecule has 0 radical (unpaired) electrons. The first kappa shape index (κ1) is 25.6. The van der Waals surface area contributed by atoms with Crippen LogP contribution in [0.2, 0.25) is 5.02 Å². The van der Waals surface area contributed by atoms with Crippen molar-refractivity contribution in [2.45, 2.75) is 33.5 Å². The third-order valence-corrected chi connectivity index (χ3v) is 5.02. The number of amides is 1. The Morgan fingerprint density at radius 3 is 2.28 bits per heavy atom. The van der Waals surface area contributed by atoms with Gasteiger partial charge >= 0.3 is 6.18 Å². The molecule has 1 N–H and O–H groups in total. The first-order chi connectivity index (χ1) is 14.8. The number of rotatable bonds is 7. The van der Waals surface area contributed by atoms with Gasteiger partial charge in [-0.25, -0.2) is 0 Å². The van der Waals surface area contributed by atoms with Crippen LogP contribution >= 0.6 is 11.6 Å². The molecule has 2 aromatic rings. The van der Waals surface area contributed by atoms with E-state index in [9.17, 15) is 18.0 Å². The maximum Gasteiger partial charge on any atom is 0.431 e. The summed E-state index contributed by atoms with van der Waals surface area (Å²) in [6.07, 6.45) is -1.60. The molecule has 0 aliphatic carbocycles. The molecule has 0 aliphatic heterocycles. The Bertz CT molecular complexity index is 999. The van der Waals surface area contributed by atoms with Crippen LogP contribution in [0.1, 0.15) is 37.0 Å². The fourth-order valence-electron chi connectivity index (χ4n) is 3.52. The number of nitrogens with one attached hydrogen (secondary N) is 1. The van der Waals surface area contributed by atoms with Crippen molar-refractivity contribution >= 4 is 17.5 Å². The van der Waals surface area contributed by atoms with Crippen molar-refractivity contribution in [1.82, 2.24) is 14.8 Å². The molecule has 1 aromatic carbocycles. The Morgan fingerprint density at radius 1 is 1.22 bits per heavy atom. The van der Waals surface area contributed by atoms with E-state index in [4.69, 9.17) is 11.6 Å². The number of hydrogen-bond acceptors (Lipinski definition) is 2. The monoisotopic (exact) mass is 467 g/mol. The van der Waals surface area contributed by atoms with Crippen LogP contribution in [0, 0.1) is 5.41 Å². The van der Waals surface area contributed by atoms with Gasteiger partial charge in [-0.3, -0.25) is 4.79 Å². The fraction of sp³-hybridized carbons (Fsp3) is 0.375. The second kappa shape index (κ2) is 9.86. The van der Waals surface area contributed by atoms with Gasteiger partial charge in [-0.15, -0.1) is 0 Å². The molecule has 1 amide bonds. The van der Waals surface area contributed by atoms with Crippen molar-refractivity contribution in [2.75, 3.05) is 20.6 Å². The molecule has 1 heterocycles. The standard InChI is InChI=1S/C24H29ClF3N3O/c1-7-8-18(29-5)14-31-20(24(26,27)28)13-19(16-9-11-17(25)12-10-16)21(31)22(32)30(6)15-23(2,3)4/h7-13,29H,1,14-15H2,2-6H3/b18-8-. The summed E-state index contributed by atoms with van der Waals surface area (Å²) in [4.78, 5) is 15.0. The predicted octanol–water partition coefficient (Wildman–Crippen LogP) is 6.23. The number of nitrogens with zero attached hydrogens (tertiary/aromatic N) is 2. The number of carbonyl (C=O) groups is 1. The highest BCUT2D eigenvalue weighted by Gasteiger charge is 2.39. The summed E-state index contributed by atoms with van der Waals surface area (Å²) in [5.74, 6) is -0.491. The molecule has 0 unspecified atom stereocenters. The van der Waals surface area contributed by atoms with E-state index in [-0.39, 0.29) is 23.2 Å². The van der Waals surface area contributed by atoms with Crippen molar-refractivity contribution in [1.29, 1.82) is 0 Å². The summed E-state index contributed by atoms with van der Waals surface area (Å²) in [7, 11) is 3.21. The third-order valence-electron chi connectivity index (χ3n) is 4.77. The molecule has 32 heavy (non-hydrogen) atoms. The summed E-state index contributed by atoms with van der Waals surface area (Å²) in [5.41, 5.74) is 0.000286. The molecule has 0 fully saturated rings. The summed E-state index contributed by atoms with van der Waals surface area (Å²) in [6, 6.07) is 7.43. The Morgan fingerprint density at radius 2 is 1.81 bits per heavy atom. The minimum Gasteiger partial charge on any atom is -0.390 e.